The molecule has 0 aromatic rings. The summed E-state index contributed by atoms with van der Waals surface area (Å²) in [6.07, 6.45) is 5.12. The van der Waals surface area contributed by atoms with Crippen LogP contribution in [0.3, 0.4) is 0 Å². The van der Waals surface area contributed by atoms with Gasteiger partial charge < -0.3 is 20.7 Å². The third-order valence-electron chi connectivity index (χ3n) is 4.45. The Hall–Kier alpha value is -0.650. The minimum Gasteiger partial charge on any atom is -0.385 e. The number of carbonyl (C=O) groups is 1. The molecule has 3 N–H and O–H groups in total. The summed E-state index contributed by atoms with van der Waals surface area (Å²) >= 11 is 0. The fraction of sp³-hybridized carbons (Fsp3) is 0.929. The lowest BCUT2D eigenvalue weighted by atomic mass is 9.84. The van der Waals surface area contributed by atoms with Crippen LogP contribution in [0.5, 0.6) is 0 Å². The molecular formula is C14H29N3O2. The van der Waals surface area contributed by atoms with Crippen LogP contribution < -0.4 is 11.1 Å². The number of carbonyl (C=O) groups excluding carboxylic acids is 1. The average molecular weight is 271 g/mol. The molecule has 0 saturated heterocycles. The van der Waals surface area contributed by atoms with E-state index in [-0.39, 0.29) is 5.91 Å². The third-order valence-corrected chi connectivity index (χ3v) is 4.45. The molecule has 0 heterocycles. The highest BCUT2D eigenvalue weighted by Crippen LogP contribution is 2.37. The first kappa shape index (κ1) is 16.4. The van der Waals surface area contributed by atoms with E-state index in [2.05, 4.69) is 17.3 Å². The highest BCUT2D eigenvalue weighted by atomic mass is 16.5. The van der Waals surface area contributed by atoms with Crippen molar-refractivity contribution < 1.29 is 9.53 Å². The monoisotopic (exact) mass is 271 g/mol. The van der Waals surface area contributed by atoms with E-state index in [0.29, 0.717) is 5.92 Å². The van der Waals surface area contributed by atoms with Gasteiger partial charge in [-0.25, -0.2) is 0 Å². The normalized spacial score (nSPS) is 27.1. The van der Waals surface area contributed by atoms with Gasteiger partial charge in [0.15, 0.2) is 0 Å². The van der Waals surface area contributed by atoms with Gasteiger partial charge in [-0.1, -0.05) is 6.42 Å². The van der Waals surface area contributed by atoms with Crippen LogP contribution in [-0.2, 0) is 9.53 Å². The zero-order chi connectivity index (χ0) is 14.3. The first-order valence-corrected chi connectivity index (χ1v) is 7.23. The Morgan fingerprint density at radius 3 is 2.84 bits per heavy atom. The summed E-state index contributed by atoms with van der Waals surface area (Å²) in [5.41, 5.74) is 5.13. The van der Waals surface area contributed by atoms with Crippen molar-refractivity contribution in [2.75, 3.05) is 40.9 Å². The van der Waals surface area contributed by atoms with Gasteiger partial charge >= 0.3 is 0 Å². The Labute approximate surface area is 116 Å². The second-order valence-corrected chi connectivity index (χ2v) is 5.61. The van der Waals surface area contributed by atoms with Crippen molar-refractivity contribution in [2.24, 2.45) is 11.7 Å². The molecule has 0 spiro atoms. The van der Waals surface area contributed by atoms with Crippen LogP contribution in [0.4, 0.5) is 0 Å². The fourth-order valence-electron chi connectivity index (χ4n) is 3.21. The molecule has 1 fully saturated rings. The number of amides is 1. The standard InChI is InChI=1S/C14H29N3O2/c1-16-14(13(15)18)8-4-6-12(14)7-10-17(2)9-5-11-19-3/h12,16H,4-11H2,1-3H3,(H2,15,18). The summed E-state index contributed by atoms with van der Waals surface area (Å²) < 4.78 is 5.05. The number of hydrogen-bond donors (Lipinski definition) is 2. The molecule has 1 aliphatic rings. The Morgan fingerprint density at radius 2 is 2.26 bits per heavy atom. The first-order valence-electron chi connectivity index (χ1n) is 7.23. The first-order chi connectivity index (χ1) is 9.06. The van der Waals surface area contributed by atoms with Crippen molar-refractivity contribution in [3.05, 3.63) is 0 Å². The number of methoxy groups -OCH3 is 1. The zero-order valence-corrected chi connectivity index (χ0v) is 12.6. The molecule has 0 radical (unpaired) electrons. The number of likely N-dealkylation sites (N-methyl/N-ethyl adjacent to an activating group) is 1. The molecule has 112 valence electrons. The molecule has 0 aromatic heterocycles. The number of hydrogen-bond acceptors (Lipinski definition) is 4. The van der Waals surface area contributed by atoms with E-state index < -0.39 is 5.54 Å². The largest absolute Gasteiger partial charge is 0.385 e. The maximum Gasteiger partial charge on any atom is 0.238 e. The lowest BCUT2D eigenvalue weighted by Crippen LogP contribution is -2.56. The van der Waals surface area contributed by atoms with Crippen molar-refractivity contribution in [3.8, 4) is 0 Å². The van der Waals surface area contributed by atoms with Crippen LogP contribution in [0.1, 0.15) is 32.1 Å². The molecule has 0 aromatic carbocycles. The van der Waals surface area contributed by atoms with Gasteiger partial charge in [0.2, 0.25) is 5.91 Å². The molecule has 19 heavy (non-hydrogen) atoms. The van der Waals surface area contributed by atoms with E-state index in [1.165, 1.54) is 0 Å². The minimum absolute atomic E-state index is 0.195. The van der Waals surface area contributed by atoms with Crippen molar-refractivity contribution in [2.45, 2.75) is 37.6 Å². The maximum atomic E-state index is 11.8. The van der Waals surface area contributed by atoms with Crippen molar-refractivity contribution >= 4 is 5.91 Å². The average Bonchev–Trinajstić information content (AvgIpc) is 2.80. The molecule has 5 heteroatoms. The van der Waals surface area contributed by atoms with Crippen LogP contribution in [0.25, 0.3) is 0 Å². The molecule has 1 rings (SSSR count). The van der Waals surface area contributed by atoms with Crippen LogP contribution in [0.2, 0.25) is 0 Å². The third kappa shape index (κ3) is 4.16. The molecular weight excluding hydrogens is 242 g/mol. The molecule has 2 unspecified atom stereocenters. The van der Waals surface area contributed by atoms with Crippen LogP contribution >= 0.6 is 0 Å². The maximum absolute atomic E-state index is 11.8. The number of nitrogens with one attached hydrogen (secondary N) is 1. The van der Waals surface area contributed by atoms with Gasteiger partial charge in [0.05, 0.1) is 0 Å². The number of nitrogens with two attached hydrogens (primary N) is 1. The summed E-state index contributed by atoms with van der Waals surface area (Å²) in [5, 5.41) is 3.19. The molecule has 1 saturated carbocycles. The number of primary amides is 1. The Morgan fingerprint density at radius 1 is 1.53 bits per heavy atom. The Balaban J connectivity index is 2.41. The van der Waals surface area contributed by atoms with Gasteiger partial charge in [0.1, 0.15) is 5.54 Å². The number of rotatable bonds is 9. The van der Waals surface area contributed by atoms with Crippen LogP contribution in [-0.4, -0.2) is 57.2 Å². The van der Waals surface area contributed by atoms with E-state index in [4.69, 9.17) is 10.5 Å². The Kier molecular flexibility index (Phi) is 6.75. The minimum atomic E-state index is -0.479. The van der Waals surface area contributed by atoms with Crippen LogP contribution in [0.15, 0.2) is 0 Å². The molecule has 0 bridgehead atoms. The van der Waals surface area contributed by atoms with Gasteiger partial charge in [-0.2, -0.15) is 0 Å². The van der Waals surface area contributed by atoms with Crippen molar-refractivity contribution in [1.29, 1.82) is 0 Å². The Bertz CT molecular complexity index is 286. The zero-order valence-electron chi connectivity index (χ0n) is 12.6. The lowest BCUT2D eigenvalue weighted by Gasteiger charge is -2.33. The van der Waals surface area contributed by atoms with Gasteiger partial charge in [0, 0.05) is 20.3 Å². The lowest BCUT2D eigenvalue weighted by molar-refractivity contribution is -0.125. The fourth-order valence-corrected chi connectivity index (χ4v) is 3.21. The molecule has 1 amide bonds. The summed E-state index contributed by atoms with van der Waals surface area (Å²) in [4.78, 5) is 14.1. The van der Waals surface area contributed by atoms with Crippen molar-refractivity contribution in [3.63, 3.8) is 0 Å². The van der Waals surface area contributed by atoms with Crippen molar-refractivity contribution in [1.82, 2.24) is 10.2 Å². The molecule has 2 atom stereocenters. The summed E-state index contributed by atoms with van der Waals surface area (Å²) in [6.45, 7) is 2.84. The van der Waals surface area contributed by atoms with Gasteiger partial charge in [-0.05, 0) is 52.2 Å². The van der Waals surface area contributed by atoms with E-state index in [1.54, 1.807) is 7.11 Å². The van der Waals surface area contributed by atoms with Gasteiger partial charge in [-0.15, -0.1) is 0 Å². The SMILES string of the molecule is CNC1(C(N)=O)CCCC1CCN(C)CCCOC. The number of ether oxygens (including phenoxy) is 1. The van der Waals surface area contributed by atoms with E-state index in [9.17, 15) is 4.79 Å². The van der Waals surface area contributed by atoms with E-state index in [1.807, 2.05) is 7.05 Å². The second kappa shape index (κ2) is 7.82. The highest BCUT2D eigenvalue weighted by Gasteiger charge is 2.46. The summed E-state index contributed by atoms with van der Waals surface area (Å²) in [6, 6.07) is 0. The molecule has 5 nitrogen and oxygen atoms in total. The number of nitrogens with zero attached hydrogens (tertiary/aromatic N) is 1. The van der Waals surface area contributed by atoms with Gasteiger partial charge in [0.25, 0.3) is 0 Å². The smallest absolute Gasteiger partial charge is 0.238 e. The highest BCUT2D eigenvalue weighted by molar-refractivity contribution is 5.85. The predicted molar refractivity (Wildman–Crippen MR) is 76.9 cm³/mol. The summed E-state index contributed by atoms with van der Waals surface area (Å²) in [5.74, 6) is 0.166. The van der Waals surface area contributed by atoms with Gasteiger partial charge in [-0.3, -0.25) is 4.79 Å². The quantitative estimate of drug-likeness (QED) is 0.602. The molecule has 0 aliphatic heterocycles. The topological polar surface area (TPSA) is 67.6 Å². The molecule has 1 aliphatic carbocycles. The second-order valence-electron chi connectivity index (χ2n) is 5.61. The summed E-state index contributed by atoms with van der Waals surface area (Å²) in [7, 11) is 5.70. The predicted octanol–water partition coefficient (Wildman–Crippen LogP) is 0.588. The van der Waals surface area contributed by atoms with Crippen LogP contribution in [0, 0.1) is 5.92 Å². The van der Waals surface area contributed by atoms with E-state index in [0.717, 1.165) is 51.8 Å². The van der Waals surface area contributed by atoms with E-state index >= 15 is 0 Å².